The molecule has 0 aliphatic carbocycles. The largest absolute Gasteiger partial charge is 0.380 e. The fraction of sp³-hybridized carbons (Fsp3) is 0.235. The summed E-state index contributed by atoms with van der Waals surface area (Å²) < 4.78 is 0. The summed E-state index contributed by atoms with van der Waals surface area (Å²) >= 11 is 0. The van der Waals surface area contributed by atoms with Crippen LogP contribution in [-0.2, 0) is 6.54 Å². The highest BCUT2D eigenvalue weighted by Crippen LogP contribution is 2.19. The van der Waals surface area contributed by atoms with Crippen molar-refractivity contribution in [2.24, 2.45) is 0 Å². The number of hydrogen-bond acceptors (Lipinski definition) is 2. The number of hydrogen-bond donors (Lipinski definition) is 1. The van der Waals surface area contributed by atoms with Crippen molar-refractivity contribution < 1.29 is 0 Å². The lowest BCUT2D eigenvalue weighted by atomic mass is 10.1. The molecule has 0 amide bonds. The van der Waals surface area contributed by atoms with Gasteiger partial charge in [0.15, 0.2) is 0 Å². The quantitative estimate of drug-likeness (QED) is 0.890. The van der Waals surface area contributed by atoms with E-state index in [1.165, 1.54) is 16.7 Å². The van der Waals surface area contributed by atoms with Crippen LogP contribution in [0.5, 0.6) is 0 Å². The Morgan fingerprint density at radius 2 is 1.74 bits per heavy atom. The third kappa shape index (κ3) is 3.14. The Labute approximate surface area is 114 Å². The fourth-order valence-electron chi connectivity index (χ4n) is 2.33. The average Bonchev–Trinajstić information content (AvgIpc) is 2.35. The second kappa shape index (κ2) is 5.58. The topological polar surface area (TPSA) is 35.8 Å². The van der Waals surface area contributed by atoms with E-state index >= 15 is 0 Å². The third-order valence-electron chi connectivity index (χ3n) is 3.15. The zero-order valence-corrected chi connectivity index (χ0v) is 11.6. The van der Waals surface area contributed by atoms with Crippen LogP contribution in [0.3, 0.4) is 0 Å². The maximum atomic E-state index is 9.19. The van der Waals surface area contributed by atoms with Gasteiger partial charge in [-0.2, -0.15) is 5.26 Å². The van der Waals surface area contributed by atoms with Gasteiger partial charge in [-0.25, -0.2) is 0 Å². The number of nitrogens with one attached hydrogen (secondary N) is 1. The lowest BCUT2D eigenvalue weighted by Gasteiger charge is -2.11. The van der Waals surface area contributed by atoms with Gasteiger partial charge in [0.25, 0.3) is 0 Å². The molecule has 0 bridgehead atoms. The van der Waals surface area contributed by atoms with Gasteiger partial charge in [0.2, 0.25) is 0 Å². The maximum Gasteiger partial charge on any atom is 0.102 e. The molecule has 0 saturated carbocycles. The number of nitriles is 1. The molecule has 0 unspecified atom stereocenters. The Hall–Kier alpha value is -2.27. The van der Waals surface area contributed by atoms with Crippen molar-refractivity contribution in [2.75, 3.05) is 5.32 Å². The summed E-state index contributed by atoms with van der Waals surface area (Å²) in [6.45, 7) is 6.90. The number of nitrogens with zero attached hydrogens (tertiary/aromatic N) is 1. The van der Waals surface area contributed by atoms with Crippen molar-refractivity contribution in [3.8, 4) is 6.07 Å². The molecule has 0 atom stereocenters. The first-order valence-electron chi connectivity index (χ1n) is 6.41. The molecular weight excluding hydrogens is 232 g/mol. The van der Waals surface area contributed by atoms with E-state index in [9.17, 15) is 5.26 Å². The second-order valence-electron chi connectivity index (χ2n) is 4.96. The van der Waals surface area contributed by atoms with Crippen LogP contribution in [0.1, 0.15) is 27.8 Å². The normalized spacial score (nSPS) is 10.0. The monoisotopic (exact) mass is 250 g/mol. The van der Waals surface area contributed by atoms with Crippen molar-refractivity contribution in [3.05, 3.63) is 64.2 Å². The highest BCUT2D eigenvalue weighted by atomic mass is 14.9. The summed E-state index contributed by atoms with van der Waals surface area (Å²) in [6, 6.07) is 14.6. The van der Waals surface area contributed by atoms with Crippen molar-refractivity contribution in [3.63, 3.8) is 0 Å². The van der Waals surface area contributed by atoms with Gasteiger partial charge in [0, 0.05) is 6.54 Å². The summed E-state index contributed by atoms with van der Waals surface area (Å²) in [7, 11) is 0. The molecule has 2 nitrogen and oxygen atoms in total. The average molecular weight is 250 g/mol. The van der Waals surface area contributed by atoms with Crippen LogP contribution in [0.2, 0.25) is 0 Å². The van der Waals surface area contributed by atoms with Crippen molar-refractivity contribution in [1.29, 1.82) is 5.26 Å². The zero-order valence-electron chi connectivity index (χ0n) is 11.6. The van der Waals surface area contributed by atoms with Gasteiger partial charge in [-0.15, -0.1) is 0 Å². The summed E-state index contributed by atoms with van der Waals surface area (Å²) in [5.41, 5.74) is 6.41. The molecule has 0 fully saturated rings. The van der Waals surface area contributed by atoms with E-state index < -0.39 is 0 Å². The molecule has 0 aromatic heterocycles. The van der Waals surface area contributed by atoms with Crippen LogP contribution in [0.4, 0.5) is 5.69 Å². The van der Waals surface area contributed by atoms with E-state index in [1.807, 2.05) is 25.1 Å². The van der Waals surface area contributed by atoms with E-state index in [4.69, 9.17) is 0 Å². The molecule has 2 aromatic carbocycles. The van der Waals surface area contributed by atoms with Gasteiger partial charge >= 0.3 is 0 Å². The van der Waals surface area contributed by atoms with Crippen molar-refractivity contribution in [1.82, 2.24) is 0 Å². The number of benzene rings is 2. The first-order chi connectivity index (χ1) is 9.10. The Kier molecular flexibility index (Phi) is 3.87. The van der Waals surface area contributed by atoms with Gasteiger partial charge in [0.05, 0.1) is 11.3 Å². The second-order valence-corrected chi connectivity index (χ2v) is 4.96. The molecule has 0 aliphatic rings. The number of aryl methyl sites for hydroxylation is 3. The van der Waals surface area contributed by atoms with Gasteiger partial charge in [0.1, 0.15) is 6.07 Å². The fourth-order valence-corrected chi connectivity index (χ4v) is 2.33. The number of anilines is 1. The van der Waals surface area contributed by atoms with E-state index in [-0.39, 0.29) is 0 Å². The van der Waals surface area contributed by atoms with Crippen LogP contribution < -0.4 is 5.32 Å². The Balaban J connectivity index is 2.19. The summed E-state index contributed by atoms with van der Waals surface area (Å²) in [5, 5.41) is 12.5. The molecular formula is C17H18N2. The SMILES string of the molecule is Cc1cc(C)cc(CNc2cccc(C)c2C#N)c1. The Bertz CT molecular complexity index is 616. The van der Waals surface area contributed by atoms with E-state index in [1.54, 1.807) is 0 Å². The van der Waals surface area contributed by atoms with Crippen LogP contribution in [0.15, 0.2) is 36.4 Å². The molecule has 96 valence electrons. The van der Waals surface area contributed by atoms with Gasteiger partial charge < -0.3 is 5.32 Å². The smallest absolute Gasteiger partial charge is 0.102 e. The summed E-state index contributed by atoms with van der Waals surface area (Å²) in [5.74, 6) is 0. The van der Waals surface area contributed by atoms with Gasteiger partial charge in [-0.3, -0.25) is 0 Å². The maximum absolute atomic E-state index is 9.19. The van der Waals surface area contributed by atoms with E-state index in [2.05, 4.69) is 43.4 Å². The summed E-state index contributed by atoms with van der Waals surface area (Å²) in [4.78, 5) is 0. The highest BCUT2D eigenvalue weighted by Gasteiger charge is 2.04. The first-order valence-corrected chi connectivity index (χ1v) is 6.41. The predicted molar refractivity (Wildman–Crippen MR) is 79.1 cm³/mol. The molecule has 2 aromatic rings. The zero-order chi connectivity index (χ0) is 13.8. The van der Waals surface area contributed by atoms with Gasteiger partial charge in [-0.1, -0.05) is 41.5 Å². The molecule has 0 aliphatic heterocycles. The molecule has 1 N–H and O–H groups in total. The minimum Gasteiger partial charge on any atom is -0.380 e. The molecule has 2 heteroatoms. The lowest BCUT2D eigenvalue weighted by molar-refractivity contribution is 1.12. The van der Waals surface area contributed by atoms with Crippen LogP contribution in [0.25, 0.3) is 0 Å². The minimum absolute atomic E-state index is 0.729. The molecule has 0 heterocycles. The molecule has 19 heavy (non-hydrogen) atoms. The number of rotatable bonds is 3. The minimum atomic E-state index is 0.729. The predicted octanol–water partition coefficient (Wildman–Crippen LogP) is 4.10. The molecule has 2 rings (SSSR count). The molecule has 0 spiro atoms. The van der Waals surface area contributed by atoms with Crippen molar-refractivity contribution >= 4 is 5.69 Å². The standard InChI is InChI=1S/C17H18N2/c1-12-7-13(2)9-15(8-12)11-19-17-6-4-5-14(3)16(17)10-18/h4-9,19H,11H2,1-3H3. The van der Waals surface area contributed by atoms with Crippen LogP contribution >= 0.6 is 0 Å². The molecule has 0 saturated heterocycles. The molecule has 0 radical (unpaired) electrons. The van der Waals surface area contributed by atoms with Crippen LogP contribution in [-0.4, -0.2) is 0 Å². The van der Waals surface area contributed by atoms with E-state index in [0.717, 1.165) is 23.4 Å². The van der Waals surface area contributed by atoms with E-state index in [0.29, 0.717) is 0 Å². The van der Waals surface area contributed by atoms with Crippen LogP contribution in [0, 0.1) is 32.1 Å². The Morgan fingerprint density at radius 3 is 2.37 bits per heavy atom. The third-order valence-corrected chi connectivity index (χ3v) is 3.15. The highest BCUT2D eigenvalue weighted by molar-refractivity contribution is 5.60. The summed E-state index contributed by atoms with van der Waals surface area (Å²) in [6.07, 6.45) is 0. The van der Waals surface area contributed by atoms with Crippen molar-refractivity contribution in [2.45, 2.75) is 27.3 Å². The van der Waals surface area contributed by atoms with Gasteiger partial charge in [-0.05, 0) is 38.0 Å². The lowest BCUT2D eigenvalue weighted by Crippen LogP contribution is -2.02. The first kappa shape index (κ1) is 13.2. The Morgan fingerprint density at radius 1 is 1.05 bits per heavy atom.